The van der Waals surface area contributed by atoms with Crippen molar-refractivity contribution in [2.24, 2.45) is 0 Å². The van der Waals surface area contributed by atoms with E-state index in [4.69, 9.17) is 0 Å². The van der Waals surface area contributed by atoms with Gasteiger partial charge in [-0.25, -0.2) is 0 Å². The maximum Gasteiger partial charge on any atom is 0.253 e. The highest BCUT2D eigenvalue weighted by Gasteiger charge is 2.18. The predicted molar refractivity (Wildman–Crippen MR) is 130 cm³/mol. The van der Waals surface area contributed by atoms with Crippen LogP contribution in [0.3, 0.4) is 0 Å². The highest BCUT2D eigenvalue weighted by molar-refractivity contribution is 5.97. The van der Waals surface area contributed by atoms with Crippen LogP contribution in [0.1, 0.15) is 27.3 Å². The number of H-pyrrole nitrogens is 1. The molecule has 0 atom stereocenters. The molecular weight excluding hydrogens is 396 g/mol. The molecule has 0 unspecified atom stereocenters. The van der Waals surface area contributed by atoms with Crippen LogP contribution in [0.25, 0.3) is 33.3 Å². The Hall–Kier alpha value is -3.44. The van der Waals surface area contributed by atoms with E-state index in [1.165, 1.54) is 10.9 Å². The summed E-state index contributed by atoms with van der Waals surface area (Å²) in [6.45, 7) is 9.44. The number of rotatable bonds is 3. The molecule has 0 bridgehead atoms. The molecule has 0 aliphatic carbocycles. The van der Waals surface area contributed by atoms with Gasteiger partial charge < -0.3 is 15.2 Å². The normalized spacial score (nSPS) is 14.2. The van der Waals surface area contributed by atoms with Crippen molar-refractivity contribution in [1.82, 2.24) is 20.2 Å². The zero-order chi connectivity index (χ0) is 22.2. The quantitative estimate of drug-likeness (QED) is 0.493. The number of piperazine rings is 1. The topological polar surface area (TPSA) is 61.0 Å². The number of hydrogen-bond acceptors (Lipinski definition) is 3. The lowest BCUT2D eigenvalue weighted by Crippen LogP contribution is -2.46. The standard InChI is InChI=1S/C27H28N4O/c1-17-13-23(14-18(2)29-17)26-19(3)24-8-7-21(16-25(24)30-26)20-5-4-6-22(15-20)27(32)31-11-9-28-10-12-31/h4-8,13-16,28,30H,9-12H2,1-3H3. The first-order chi connectivity index (χ1) is 15.5. The lowest BCUT2D eigenvalue weighted by molar-refractivity contribution is 0.0736. The molecule has 1 saturated heterocycles. The van der Waals surface area contributed by atoms with Gasteiger partial charge in [-0.2, -0.15) is 0 Å². The van der Waals surface area contributed by atoms with Gasteiger partial charge in [-0.05, 0) is 67.8 Å². The average Bonchev–Trinajstić information content (AvgIpc) is 3.14. The molecule has 1 aliphatic heterocycles. The molecule has 32 heavy (non-hydrogen) atoms. The van der Waals surface area contributed by atoms with Crippen molar-refractivity contribution < 1.29 is 4.79 Å². The van der Waals surface area contributed by atoms with Crippen molar-refractivity contribution in [3.63, 3.8) is 0 Å². The number of fused-ring (bicyclic) bond motifs is 1. The number of nitrogens with one attached hydrogen (secondary N) is 2. The molecule has 1 aliphatic rings. The SMILES string of the molecule is Cc1cc(-c2[nH]c3cc(-c4cccc(C(=O)N5CCNCC5)c4)ccc3c2C)cc(C)n1. The van der Waals surface area contributed by atoms with Crippen molar-refractivity contribution in [2.45, 2.75) is 20.8 Å². The number of hydrogen-bond donors (Lipinski definition) is 2. The summed E-state index contributed by atoms with van der Waals surface area (Å²) < 4.78 is 0. The summed E-state index contributed by atoms with van der Waals surface area (Å²) in [5.74, 6) is 0.107. The Bertz CT molecular complexity index is 1290. The van der Waals surface area contributed by atoms with Crippen LogP contribution in [0.15, 0.2) is 54.6 Å². The van der Waals surface area contributed by atoms with Crippen LogP contribution in [0.2, 0.25) is 0 Å². The summed E-state index contributed by atoms with van der Waals surface area (Å²) in [7, 11) is 0. The van der Waals surface area contributed by atoms with E-state index < -0.39 is 0 Å². The number of aromatic amines is 1. The third-order valence-electron chi connectivity index (χ3n) is 6.28. The maximum atomic E-state index is 12.9. The van der Waals surface area contributed by atoms with Crippen molar-refractivity contribution in [1.29, 1.82) is 0 Å². The summed E-state index contributed by atoms with van der Waals surface area (Å²) in [5.41, 5.74) is 9.56. The average molecular weight is 425 g/mol. The lowest BCUT2D eigenvalue weighted by atomic mass is 10.00. The monoisotopic (exact) mass is 424 g/mol. The predicted octanol–water partition coefficient (Wildman–Crippen LogP) is 4.87. The molecule has 5 nitrogen and oxygen atoms in total. The van der Waals surface area contributed by atoms with E-state index in [0.717, 1.165) is 71.0 Å². The van der Waals surface area contributed by atoms with Gasteiger partial charge in [0.25, 0.3) is 5.91 Å². The molecule has 4 aromatic rings. The highest BCUT2D eigenvalue weighted by atomic mass is 16.2. The van der Waals surface area contributed by atoms with Crippen LogP contribution in [0, 0.1) is 20.8 Å². The zero-order valence-corrected chi connectivity index (χ0v) is 18.8. The van der Waals surface area contributed by atoms with E-state index in [0.29, 0.717) is 0 Å². The molecule has 0 spiro atoms. The fourth-order valence-corrected chi connectivity index (χ4v) is 4.67. The van der Waals surface area contributed by atoms with Crippen LogP contribution in [-0.4, -0.2) is 47.0 Å². The van der Waals surface area contributed by atoms with Gasteiger partial charge >= 0.3 is 0 Å². The summed E-state index contributed by atoms with van der Waals surface area (Å²) in [6.07, 6.45) is 0. The van der Waals surface area contributed by atoms with E-state index in [2.05, 4.69) is 58.6 Å². The van der Waals surface area contributed by atoms with Gasteiger partial charge in [-0.15, -0.1) is 0 Å². The van der Waals surface area contributed by atoms with Crippen LogP contribution in [0.5, 0.6) is 0 Å². The minimum absolute atomic E-state index is 0.107. The first-order valence-corrected chi connectivity index (χ1v) is 11.2. The largest absolute Gasteiger partial charge is 0.354 e. The van der Waals surface area contributed by atoms with Gasteiger partial charge in [0.15, 0.2) is 0 Å². The summed E-state index contributed by atoms with van der Waals surface area (Å²) in [4.78, 5) is 23.0. The minimum atomic E-state index is 0.107. The molecule has 3 heterocycles. The Kier molecular flexibility index (Phi) is 5.27. The third kappa shape index (κ3) is 3.80. The number of carbonyl (C=O) groups is 1. The van der Waals surface area contributed by atoms with Gasteiger partial charge in [0, 0.05) is 65.3 Å². The fraction of sp³-hybridized carbons (Fsp3) is 0.259. The van der Waals surface area contributed by atoms with Crippen LogP contribution in [0.4, 0.5) is 0 Å². The molecule has 0 radical (unpaired) electrons. The molecule has 0 saturated carbocycles. The number of aromatic nitrogens is 2. The van der Waals surface area contributed by atoms with Gasteiger partial charge in [0.05, 0.1) is 0 Å². The smallest absolute Gasteiger partial charge is 0.253 e. The fourth-order valence-electron chi connectivity index (χ4n) is 4.67. The number of nitrogens with zero attached hydrogens (tertiary/aromatic N) is 2. The van der Waals surface area contributed by atoms with Crippen molar-refractivity contribution in [2.75, 3.05) is 26.2 Å². The first kappa shape index (κ1) is 20.5. The van der Waals surface area contributed by atoms with E-state index in [1.54, 1.807) is 0 Å². The second-order valence-corrected chi connectivity index (χ2v) is 8.65. The molecule has 5 heteroatoms. The molecule has 1 fully saturated rings. The Labute approximate surface area is 188 Å². The van der Waals surface area contributed by atoms with Gasteiger partial charge in [0.2, 0.25) is 0 Å². The summed E-state index contributed by atoms with van der Waals surface area (Å²) >= 11 is 0. The zero-order valence-electron chi connectivity index (χ0n) is 18.8. The Balaban J connectivity index is 1.51. The Morgan fingerprint density at radius 2 is 1.59 bits per heavy atom. The van der Waals surface area contributed by atoms with E-state index >= 15 is 0 Å². The Morgan fingerprint density at radius 1 is 0.875 bits per heavy atom. The van der Waals surface area contributed by atoms with Gasteiger partial charge in [0.1, 0.15) is 0 Å². The number of aryl methyl sites for hydroxylation is 3. The highest BCUT2D eigenvalue weighted by Crippen LogP contribution is 2.33. The van der Waals surface area contributed by atoms with Crippen LogP contribution >= 0.6 is 0 Å². The van der Waals surface area contributed by atoms with E-state index in [9.17, 15) is 4.79 Å². The maximum absolute atomic E-state index is 12.9. The van der Waals surface area contributed by atoms with Gasteiger partial charge in [-0.3, -0.25) is 9.78 Å². The second kappa shape index (κ2) is 8.24. The van der Waals surface area contributed by atoms with Crippen molar-refractivity contribution in [3.8, 4) is 22.4 Å². The molecule has 162 valence electrons. The molecule has 2 aromatic carbocycles. The first-order valence-electron chi connectivity index (χ1n) is 11.2. The number of benzene rings is 2. The van der Waals surface area contributed by atoms with E-state index in [1.807, 2.05) is 36.9 Å². The number of carbonyl (C=O) groups excluding carboxylic acids is 1. The van der Waals surface area contributed by atoms with E-state index in [-0.39, 0.29) is 5.91 Å². The summed E-state index contributed by atoms with van der Waals surface area (Å²) in [5, 5.41) is 4.51. The van der Waals surface area contributed by atoms with Crippen LogP contribution in [-0.2, 0) is 0 Å². The molecule has 5 rings (SSSR count). The van der Waals surface area contributed by atoms with Crippen molar-refractivity contribution >= 4 is 16.8 Å². The van der Waals surface area contributed by atoms with Gasteiger partial charge in [-0.1, -0.05) is 24.3 Å². The Morgan fingerprint density at radius 3 is 2.34 bits per heavy atom. The molecular formula is C27H28N4O. The number of amides is 1. The molecule has 2 N–H and O–H groups in total. The number of pyridine rings is 1. The minimum Gasteiger partial charge on any atom is -0.354 e. The molecule has 1 amide bonds. The van der Waals surface area contributed by atoms with Crippen molar-refractivity contribution in [3.05, 3.63) is 77.1 Å². The second-order valence-electron chi connectivity index (χ2n) is 8.65. The molecule has 2 aromatic heterocycles. The van der Waals surface area contributed by atoms with Crippen LogP contribution < -0.4 is 5.32 Å². The lowest BCUT2D eigenvalue weighted by Gasteiger charge is -2.27. The third-order valence-corrected chi connectivity index (χ3v) is 6.28. The summed E-state index contributed by atoms with van der Waals surface area (Å²) in [6, 6.07) is 18.7.